The van der Waals surface area contributed by atoms with Crippen LogP contribution in [0.1, 0.15) is 12.0 Å². The van der Waals surface area contributed by atoms with Gasteiger partial charge in [0.1, 0.15) is 6.10 Å². The lowest BCUT2D eigenvalue weighted by molar-refractivity contribution is -0.143. The molecule has 1 amide bonds. The summed E-state index contributed by atoms with van der Waals surface area (Å²) in [6.07, 6.45) is 0.590. The molecule has 1 unspecified atom stereocenters. The molecule has 3 heteroatoms. The van der Waals surface area contributed by atoms with Crippen molar-refractivity contribution in [1.29, 1.82) is 0 Å². The Morgan fingerprint density at radius 2 is 2.00 bits per heavy atom. The number of amides is 1. The number of hydrogen-bond donors (Lipinski definition) is 1. The fourth-order valence-corrected chi connectivity index (χ4v) is 1.67. The Kier molecular flexibility index (Phi) is 3.02. The van der Waals surface area contributed by atoms with Crippen LogP contribution >= 0.6 is 0 Å². The van der Waals surface area contributed by atoms with Crippen LogP contribution in [0.15, 0.2) is 30.3 Å². The third kappa shape index (κ3) is 2.36. The maximum Gasteiger partial charge on any atom is 0.251 e. The molecule has 0 bridgehead atoms. The zero-order valence-electron chi connectivity index (χ0n) is 8.60. The molecule has 1 aromatic carbocycles. The third-order valence-electron chi connectivity index (χ3n) is 2.72. The van der Waals surface area contributed by atoms with Gasteiger partial charge in [-0.05, 0) is 12.0 Å². The first-order valence-electron chi connectivity index (χ1n) is 5.28. The quantitative estimate of drug-likeness (QED) is 0.793. The molecule has 80 valence electrons. The average Bonchev–Trinajstić information content (AvgIpc) is 2.16. The van der Waals surface area contributed by atoms with Crippen molar-refractivity contribution in [3.05, 3.63) is 35.9 Å². The zero-order chi connectivity index (χ0) is 10.7. The van der Waals surface area contributed by atoms with Gasteiger partial charge >= 0.3 is 0 Å². The molecule has 0 saturated carbocycles. The first-order chi connectivity index (χ1) is 7.27. The number of hydrogen-bond acceptors (Lipinski definition) is 2. The Hall–Kier alpha value is -1.35. The Balaban J connectivity index is 1.91. The van der Waals surface area contributed by atoms with Gasteiger partial charge in [-0.3, -0.25) is 4.79 Å². The lowest BCUT2D eigenvalue weighted by atomic mass is 10.1. The molecule has 1 heterocycles. The normalized spacial score (nSPS) is 17.0. The van der Waals surface area contributed by atoms with Gasteiger partial charge in [-0.1, -0.05) is 30.3 Å². The zero-order valence-corrected chi connectivity index (χ0v) is 8.60. The minimum atomic E-state index is -0.882. The van der Waals surface area contributed by atoms with Gasteiger partial charge in [-0.2, -0.15) is 0 Å². The summed E-state index contributed by atoms with van der Waals surface area (Å²) < 4.78 is 0. The Morgan fingerprint density at radius 3 is 2.53 bits per heavy atom. The SMILES string of the molecule is O=C(C(O)Cc1ccccc1)N1CCC1. The first-order valence-corrected chi connectivity index (χ1v) is 5.28. The number of carbonyl (C=O) groups excluding carboxylic acids is 1. The van der Waals surface area contributed by atoms with Gasteiger partial charge in [0.15, 0.2) is 0 Å². The van der Waals surface area contributed by atoms with E-state index in [1.165, 1.54) is 0 Å². The Labute approximate surface area is 89.3 Å². The van der Waals surface area contributed by atoms with Crippen LogP contribution < -0.4 is 0 Å². The van der Waals surface area contributed by atoms with Crippen LogP contribution in [0.5, 0.6) is 0 Å². The average molecular weight is 205 g/mol. The lowest BCUT2D eigenvalue weighted by Crippen LogP contribution is -2.47. The number of nitrogens with zero attached hydrogens (tertiary/aromatic N) is 1. The van der Waals surface area contributed by atoms with Crippen LogP contribution in [0.3, 0.4) is 0 Å². The van der Waals surface area contributed by atoms with E-state index < -0.39 is 6.10 Å². The molecule has 0 spiro atoms. The van der Waals surface area contributed by atoms with E-state index in [9.17, 15) is 9.90 Å². The predicted molar refractivity (Wildman–Crippen MR) is 57.3 cm³/mol. The van der Waals surface area contributed by atoms with E-state index in [1.807, 2.05) is 30.3 Å². The molecule has 1 aliphatic rings. The minimum Gasteiger partial charge on any atom is -0.383 e. The molecule has 0 radical (unpaired) electrons. The van der Waals surface area contributed by atoms with Gasteiger partial charge in [-0.15, -0.1) is 0 Å². The maximum atomic E-state index is 11.6. The summed E-state index contributed by atoms with van der Waals surface area (Å²) in [4.78, 5) is 13.3. The predicted octanol–water partition coefficient (Wildman–Crippen LogP) is 0.822. The number of likely N-dealkylation sites (tertiary alicyclic amines) is 1. The van der Waals surface area contributed by atoms with E-state index >= 15 is 0 Å². The molecule has 1 aliphatic heterocycles. The van der Waals surface area contributed by atoms with Crippen LogP contribution in [0, 0.1) is 0 Å². The highest BCUT2D eigenvalue weighted by Gasteiger charge is 2.26. The number of benzene rings is 1. The standard InChI is InChI=1S/C12H15NO2/c14-11(12(15)13-7-4-8-13)9-10-5-2-1-3-6-10/h1-3,5-6,11,14H,4,7-9H2. The molecule has 1 fully saturated rings. The molecule has 1 aromatic rings. The summed E-state index contributed by atoms with van der Waals surface area (Å²) >= 11 is 0. The largest absolute Gasteiger partial charge is 0.383 e. The van der Waals surface area contributed by atoms with Crippen molar-refractivity contribution in [1.82, 2.24) is 4.90 Å². The number of carbonyl (C=O) groups is 1. The molecule has 0 aliphatic carbocycles. The van der Waals surface area contributed by atoms with Crippen LogP contribution in [0.25, 0.3) is 0 Å². The van der Waals surface area contributed by atoms with E-state index in [1.54, 1.807) is 4.90 Å². The van der Waals surface area contributed by atoms with Crippen LogP contribution in [0.2, 0.25) is 0 Å². The van der Waals surface area contributed by atoms with Crippen molar-refractivity contribution in [2.24, 2.45) is 0 Å². The fraction of sp³-hybridized carbons (Fsp3) is 0.417. The summed E-state index contributed by atoms with van der Waals surface area (Å²) in [6.45, 7) is 1.59. The highest BCUT2D eigenvalue weighted by Crippen LogP contribution is 2.11. The number of aliphatic hydroxyl groups is 1. The highest BCUT2D eigenvalue weighted by molar-refractivity contribution is 5.81. The number of rotatable bonds is 3. The van der Waals surface area contributed by atoms with Crippen molar-refractivity contribution in [2.45, 2.75) is 18.9 Å². The molecule has 0 aromatic heterocycles. The van der Waals surface area contributed by atoms with Crippen molar-refractivity contribution < 1.29 is 9.90 Å². The molecular formula is C12H15NO2. The third-order valence-corrected chi connectivity index (χ3v) is 2.72. The summed E-state index contributed by atoms with van der Waals surface area (Å²) in [5.41, 5.74) is 0.999. The van der Waals surface area contributed by atoms with E-state index in [0.29, 0.717) is 6.42 Å². The summed E-state index contributed by atoms with van der Waals surface area (Å²) in [6, 6.07) is 9.60. The Morgan fingerprint density at radius 1 is 1.33 bits per heavy atom. The lowest BCUT2D eigenvalue weighted by Gasteiger charge is -2.32. The second-order valence-corrected chi connectivity index (χ2v) is 3.88. The molecule has 1 saturated heterocycles. The van der Waals surface area contributed by atoms with Gasteiger partial charge in [0, 0.05) is 19.5 Å². The summed E-state index contributed by atoms with van der Waals surface area (Å²) in [5.74, 6) is -0.134. The summed E-state index contributed by atoms with van der Waals surface area (Å²) in [7, 11) is 0. The molecule has 1 atom stereocenters. The van der Waals surface area contributed by atoms with Gasteiger partial charge in [0.2, 0.25) is 0 Å². The fourth-order valence-electron chi connectivity index (χ4n) is 1.67. The van der Waals surface area contributed by atoms with Gasteiger partial charge in [-0.25, -0.2) is 0 Å². The molecule has 15 heavy (non-hydrogen) atoms. The van der Waals surface area contributed by atoms with E-state index in [2.05, 4.69) is 0 Å². The van der Waals surface area contributed by atoms with Crippen molar-refractivity contribution in [3.63, 3.8) is 0 Å². The van der Waals surface area contributed by atoms with Crippen LogP contribution in [0.4, 0.5) is 0 Å². The van der Waals surface area contributed by atoms with Gasteiger partial charge < -0.3 is 10.0 Å². The second-order valence-electron chi connectivity index (χ2n) is 3.88. The smallest absolute Gasteiger partial charge is 0.251 e. The van der Waals surface area contributed by atoms with Gasteiger partial charge in [0.05, 0.1) is 0 Å². The molecular weight excluding hydrogens is 190 g/mol. The van der Waals surface area contributed by atoms with E-state index in [-0.39, 0.29) is 5.91 Å². The van der Waals surface area contributed by atoms with Crippen molar-refractivity contribution >= 4 is 5.91 Å². The van der Waals surface area contributed by atoms with Crippen LogP contribution in [-0.2, 0) is 11.2 Å². The van der Waals surface area contributed by atoms with E-state index in [0.717, 1.165) is 25.1 Å². The second kappa shape index (κ2) is 4.45. The molecule has 3 nitrogen and oxygen atoms in total. The van der Waals surface area contributed by atoms with Gasteiger partial charge in [0.25, 0.3) is 5.91 Å². The van der Waals surface area contributed by atoms with Crippen molar-refractivity contribution in [2.75, 3.05) is 13.1 Å². The van der Waals surface area contributed by atoms with Crippen LogP contribution in [-0.4, -0.2) is 35.1 Å². The highest BCUT2D eigenvalue weighted by atomic mass is 16.3. The Bertz CT molecular complexity index is 333. The monoisotopic (exact) mass is 205 g/mol. The van der Waals surface area contributed by atoms with E-state index in [4.69, 9.17) is 0 Å². The molecule has 1 N–H and O–H groups in total. The topological polar surface area (TPSA) is 40.5 Å². The first kappa shape index (κ1) is 10.2. The van der Waals surface area contributed by atoms with Crippen molar-refractivity contribution in [3.8, 4) is 0 Å². The molecule has 2 rings (SSSR count). The number of aliphatic hydroxyl groups excluding tert-OH is 1. The minimum absolute atomic E-state index is 0.134. The maximum absolute atomic E-state index is 11.6. The summed E-state index contributed by atoms with van der Waals surface area (Å²) in [5, 5.41) is 9.72.